The number of nitrogens with zero attached hydrogens (tertiary/aromatic N) is 2. The molecule has 0 bridgehead atoms. The van der Waals surface area contributed by atoms with E-state index in [9.17, 15) is 14.0 Å². The fourth-order valence-corrected chi connectivity index (χ4v) is 3.07. The summed E-state index contributed by atoms with van der Waals surface area (Å²) in [7, 11) is 3.90. The first-order valence-corrected chi connectivity index (χ1v) is 7.08. The van der Waals surface area contributed by atoms with Crippen molar-refractivity contribution in [3.05, 3.63) is 23.5 Å². The molecule has 112 valence electrons. The van der Waals surface area contributed by atoms with E-state index in [1.165, 1.54) is 0 Å². The van der Waals surface area contributed by atoms with Crippen LogP contribution in [0.15, 0.2) is 12.1 Å². The number of benzene rings is 1. The van der Waals surface area contributed by atoms with Gasteiger partial charge in [-0.05, 0) is 38.6 Å². The highest BCUT2D eigenvalue weighted by Crippen LogP contribution is 2.31. The highest BCUT2D eigenvalue weighted by Gasteiger charge is 2.30. The zero-order chi connectivity index (χ0) is 15.1. The second kappa shape index (κ2) is 5.11. The van der Waals surface area contributed by atoms with Gasteiger partial charge in [0.05, 0.1) is 16.9 Å². The molecule has 0 saturated carbocycles. The number of fused-ring (bicyclic) bond motifs is 1. The van der Waals surface area contributed by atoms with Crippen molar-refractivity contribution in [3.8, 4) is 0 Å². The third-order valence-corrected chi connectivity index (χ3v) is 4.35. The van der Waals surface area contributed by atoms with E-state index in [1.54, 1.807) is 6.07 Å². The van der Waals surface area contributed by atoms with Crippen LogP contribution in [0.3, 0.4) is 0 Å². The molecule has 3 rings (SSSR count). The number of carbonyl (C=O) groups excluding carboxylic acids is 2. The van der Waals surface area contributed by atoms with Crippen LogP contribution < -0.4 is 10.2 Å². The van der Waals surface area contributed by atoms with Gasteiger partial charge in [0, 0.05) is 19.6 Å². The van der Waals surface area contributed by atoms with Crippen molar-refractivity contribution < 1.29 is 14.0 Å². The van der Waals surface area contributed by atoms with E-state index < -0.39 is 17.5 Å². The van der Waals surface area contributed by atoms with E-state index in [2.05, 4.69) is 17.3 Å². The lowest BCUT2D eigenvalue weighted by molar-refractivity contribution is -0.112. The standard InChI is InChI=1S/C15H18FN3O2/c1-18-5-3-4-9(18)8-19(2)13-7-12-10(6-11(13)16)14(20)15(21)17-12/h6-7,9H,3-5,8H2,1-2H3,(H,17,20,21). The van der Waals surface area contributed by atoms with Crippen molar-refractivity contribution in [2.75, 3.05) is 37.4 Å². The molecule has 0 aromatic heterocycles. The number of ketones is 1. The van der Waals surface area contributed by atoms with E-state index >= 15 is 0 Å². The van der Waals surface area contributed by atoms with E-state index in [-0.39, 0.29) is 5.56 Å². The van der Waals surface area contributed by atoms with Crippen LogP contribution in [0.2, 0.25) is 0 Å². The van der Waals surface area contributed by atoms with E-state index in [0.717, 1.165) is 25.5 Å². The van der Waals surface area contributed by atoms with E-state index in [4.69, 9.17) is 0 Å². The molecule has 21 heavy (non-hydrogen) atoms. The smallest absolute Gasteiger partial charge is 0.296 e. The molecule has 1 saturated heterocycles. The number of halogens is 1. The quantitative estimate of drug-likeness (QED) is 0.857. The van der Waals surface area contributed by atoms with Gasteiger partial charge in [0.25, 0.3) is 11.7 Å². The minimum atomic E-state index is -0.695. The predicted octanol–water partition coefficient (Wildman–Crippen LogP) is 1.49. The number of likely N-dealkylation sites (N-methyl/N-ethyl adjacent to an activating group) is 2. The van der Waals surface area contributed by atoms with Crippen molar-refractivity contribution in [2.45, 2.75) is 18.9 Å². The molecule has 1 unspecified atom stereocenters. The number of Topliss-reactive ketones (excluding diaryl/α,β-unsaturated/α-hetero) is 1. The molecule has 1 fully saturated rings. The number of likely N-dealkylation sites (tertiary alicyclic amines) is 1. The van der Waals surface area contributed by atoms with Gasteiger partial charge in [0.2, 0.25) is 0 Å². The van der Waals surface area contributed by atoms with Gasteiger partial charge < -0.3 is 15.1 Å². The number of anilines is 2. The molecule has 0 radical (unpaired) electrons. The summed E-state index contributed by atoms with van der Waals surface area (Å²) in [6, 6.07) is 3.10. The Morgan fingerprint density at radius 2 is 2.19 bits per heavy atom. The van der Waals surface area contributed by atoms with Gasteiger partial charge in [-0.25, -0.2) is 4.39 Å². The summed E-state index contributed by atoms with van der Waals surface area (Å²) >= 11 is 0. The largest absolute Gasteiger partial charge is 0.371 e. The fourth-order valence-electron chi connectivity index (χ4n) is 3.07. The maximum absolute atomic E-state index is 14.2. The molecule has 2 aliphatic heterocycles. The molecule has 2 heterocycles. The van der Waals surface area contributed by atoms with Crippen LogP contribution in [0.4, 0.5) is 15.8 Å². The zero-order valence-corrected chi connectivity index (χ0v) is 12.1. The summed E-state index contributed by atoms with van der Waals surface area (Å²) in [4.78, 5) is 27.0. The van der Waals surface area contributed by atoms with Crippen molar-refractivity contribution in [1.82, 2.24) is 4.90 Å². The van der Waals surface area contributed by atoms with Crippen molar-refractivity contribution in [2.24, 2.45) is 0 Å². The van der Waals surface area contributed by atoms with Gasteiger partial charge in [-0.15, -0.1) is 0 Å². The SMILES string of the molecule is CN(CC1CCCN1C)c1cc2c(cc1F)C(=O)C(=O)N2. The lowest BCUT2D eigenvalue weighted by Crippen LogP contribution is -2.37. The molecule has 1 aromatic rings. The molecule has 1 N–H and O–H groups in total. The van der Waals surface area contributed by atoms with Crippen LogP contribution in [-0.4, -0.2) is 49.8 Å². The number of amides is 1. The summed E-state index contributed by atoms with van der Waals surface area (Å²) in [6.45, 7) is 1.78. The Labute approximate surface area is 122 Å². The summed E-state index contributed by atoms with van der Waals surface area (Å²) in [6.07, 6.45) is 2.26. The zero-order valence-electron chi connectivity index (χ0n) is 12.1. The Bertz CT molecular complexity index is 617. The van der Waals surface area contributed by atoms with Gasteiger partial charge in [0.15, 0.2) is 0 Å². The molecule has 0 spiro atoms. The first-order valence-electron chi connectivity index (χ1n) is 7.08. The Morgan fingerprint density at radius 3 is 2.86 bits per heavy atom. The van der Waals surface area contributed by atoms with Crippen LogP contribution in [0.1, 0.15) is 23.2 Å². The summed E-state index contributed by atoms with van der Waals surface area (Å²) in [5.74, 6) is -1.84. The monoisotopic (exact) mass is 291 g/mol. The highest BCUT2D eigenvalue weighted by atomic mass is 19.1. The van der Waals surface area contributed by atoms with Gasteiger partial charge in [-0.3, -0.25) is 9.59 Å². The van der Waals surface area contributed by atoms with Gasteiger partial charge >= 0.3 is 0 Å². The second-order valence-corrected chi connectivity index (χ2v) is 5.79. The second-order valence-electron chi connectivity index (χ2n) is 5.79. The predicted molar refractivity (Wildman–Crippen MR) is 78.3 cm³/mol. The Hall–Kier alpha value is -1.95. The Morgan fingerprint density at radius 1 is 1.43 bits per heavy atom. The number of rotatable bonds is 3. The fraction of sp³-hybridized carbons (Fsp3) is 0.467. The normalized spacial score (nSPS) is 21.6. The summed E-state index contributed by atoms with van der Waals surface area (Å²) in [5.41, 5.74) is 0.921. The number of hydrogen-bond donors (Lipinski definition) is 1. The first-order chi connectivity index (χ1) is 9.97. The van der Waals surface area contributed by atoms with E-state index in [0.29, 0.717) is 24.0 Å². The molecule has 1 atom stereocenters. The molecule has 0 aliphatic carbocycles. The van der Waals surface area contributed by atoms with Gasteiger partial charge in [0.1, 0.15) is 5.82 Å². The minimum absolute atomic E-state index is 0.118. The first kappa shape index (κ1) is 14.0. The van der Waals surface area contributed by atoms with Crippen LogP contribution in [0.25, 0.3) is 0 Å². The maximum atomic E-state index is 14.2. The number of hydrogen-bond acceptors (Lipinski definition) is 4. The molecule has 6 heteroatoms. The lowest BCUT2D eigenvalue weighted by Gasteiger charge is -2.27. The minimum Gasteiger partial charge on any atom is -0.371 e. The lowest BCUT2D eigenvalue weighted by atomic mass is 10.1. The average molecular weight is 291 g/mol. The maximum Gasteiger partial charge on any atom is 0.296 e. The van der Waals surface area contributed by atoms with Crippen LogP contribution in [0, 0.1) is 5.82 Å². The average Bonchev–Trinajstić information content (AvgIpc) is 2.95. The number of carbonyl (C=O) groups is 2. The molecule has 5 nitrogen and oxygen atoms in total. The highest BCUT2D eigenvalue weighted by molar-refractivity contribution is 6.51. The van der Waals surface area contributed by atoms with Crippen molar-refractivity contribution in [3.63, 3.8) is 0 Å². The van der Waals surface area contributed by atoms with Crippen LogP contribution in [-0.2, 0) is 4.79 Å². The van der Waals surface area contributed by atoms with Crippen molar-refractivity contribution in [1.29, 1.82) is 0 Å². The molecular weight excluding hydrogens is 273 g/mol. The van der Waals surface area contributed by atoms with Crippen LogP contribution in [0.5, 0.6) is 0 Å². The van der Waals surface area contributed by atoms with Gasteiger partial charge in [-0.2, -0.15) is 0 Å². The van der Waals surface area contributed by atoms with Crippen LogP contribution >= 0.6 is 0 Å². The molecule has 1 amide bonds. The molecule has 2 aliphatic rings. The summed E-state index contributed by atoms with van der Waals surface area (Å²) < 4.78 is 14.2. The topological polar surface area (TPSA) is 52.7 Å². The third-order valence-electron chi connectivity index (χ3n) is 4.35. The van der Waals surface area contributed by atoms with Gasteiger partial charge in [-0.1, -0.05) is 0 Å². The molecular formula is C15H18FN3O2. The Kier molecular flexibility index (Phi) is 3.41. The molecule has 1 aromatic carbocycles. The van der Waals surface area contributed by atoms with Crippen molar-refractivity contribution >= 4 is 23.1 Å². The Balaban J connectivity index is 1.84. The van der Waals surface area contributed by atoms with E-state index in [1.807, 2.05) is 11.9 Å². The third kappa shape index (κ3) is 2.40. The number of nitrogens with one attached hydrogen (secondary N) is 1. The summed E-state index contributed by atoms with van der Waals surface area (Å²) in [5, 5.41) is 2.48.